The molecule has 3 aromatic rings. The van der Waals surface area contributed by atoms with Crippen LogP contribution in [-0.2, 0) is 10.0 Å². The number of sulfonamides is 1. The minimum Gasteiger partial charge on any atom is -0.478 e. The fourth-order valence-corrected chi connectivity index (χ4v) is 5.75. The highest BCUT2D eigenvalue weighted by Gasteiger charge is 2.38. The molecule has 0 bridgehead atoms. The third-order valence-electron chi connectivity index (χ3n) is 6.28. The van der Waals surface area contributed by atoms with Crippen LogP contribution in [0.2, 0.25) is 0 Å². The minimum absolute atomic E-state index is 0.00834. The van der Waals surface area contributed by atoms with E-state index in [1.165, 1.54) is 24.3 Å². The number of carbonyl (C=O) groups is 1. The van der Waals surface area contributed by atoms with E-state index < -0.39 is 21.8 Å². The van der Waals surface area contributed by atoms with E-state index in [1.807, 2.05) is 12.1 Å². The van der Waals surface area contributed by atoms with Crippen LogP contribution in [-0.4, -0.2) is 19.5 Å². The van der Waals surface area contributed by atoms with E-state index in [1.54, 1.807) is 30.3 Å². The van der Waals surface area contributed by atoms with E-state index >= 15 is 0 Å². The van der Waals surface area contributed by atoms with Gasteiger partial charge in [-0.2, -0.15) is 0 Å². The monoisotopic (exact) mass is 464 g/mol. The van der Waals surface area contributed by atoms with E-state index in [0.717, 1.165) is 23.2 Å². The Labute approximate surface area is 190 Å². The predicted molar refractivity (Wildman–Crippen MR) is 123 cm³/mol. The molecule has 0 aromatic heterocycles. The molecule has 6 nitrogen and oxygen atoms in total. The van der Waals surface area contributed by atoms with Crippen molar-refractivity contribution in [2.45, 2.75) is 23.3 Å². The first-order valence-corrected chi connectivity index (χ1v) is 12.0. The van der Waals surface area contributed by atoms with Gasteiger partial charge in [-0.15, -0.1) is 0 Å². The van der Waals surface area contributed by atoms with Crippen LogP contribution in [0.4, 0.5) is 15.8 Å². The predicted octanol–water partition coefficient (Wildman–Crippen LogP) is 5.15. The highest BCUT2D eigenvalue weighted by Crippen LogP contribution is 2.50. The van der Waals surface area contributed by atoms with Crippen LogP contribution in [0.5, 0.6) is 0 Å². The third-order valence-corrected chi connectivity index (χ3v) is 7.64. The minimum atomic E-state index is -3.97. The summed E-state index contributed by atoms with van der Waals surface area (Å²) in [4.78, 5) is 11.2. The smallest absolute Gasteiger partial charge is 0.335 e. The first-order chi connectivity index (χ1) is 15.8. The van der Waals surface area contributed by atoms with Crippen molar-refractivity contribution < 1.29 is 22.7 Å². The second-order valence-electron chi connectivity index (χ2n) is 8.24. The number of fused-ring (bicyclic) bond motifs is 3. The lowest BCUT2D eigenvalue weighted by Gasteiger charge is -2.37. The highest BCUT2D eigenvalue weighted by molar-refractivity contribution is 7.92. The van der Waals surface area contributed by atoms with Crippen molar-refractivity contribution in [1.82, 2.24) is 0 Å². The maximum atomic E-state index is 14.0. The van der Waals surface area contributed by atoms with Crippen LogP contribution in [0, 0.1) is 11.7 Å². The SMILES string of the molecule is O=C(O)c1ccc([C@H]2Nc3ccc(S(=O)(=O)Nc4ccccc4F)cc3[C@@H]3C=CC[C@@H]23)cc1. The first kappa shape index (κ1) is 21.2. The second kappa shape index (κ2) is 8.04. The molecule has 168 valence electrons. The fourth-order valence-electron chi connectivity index (χ4n) is 4.65. The normalized spacial score (nSPS) is 21.1. The molecule has 5 rings (SSSR count). The number of allylic oxidation sites excluding steroid dienone is 2. The lowest BCUT2D eigenvalue weighted by Crippen LogP contribution is -2.29. The molecule has 8 heteroatoms. The van der Waals surface area contributed by atoms with Gasteiger partial charge >= 0.3 is 5.97 Å². The summed E-state index contributed by atoms with van der Waals surface area (Å²) in [7, 11) is -3.97. The Morgan fingerprint density at radius 2 is 1.82 bits per heavy atom. The summed E-state index contributed by atoms with van der Waals surface area (Å²) in [5.74, 6) is -1.45. The van der Waals surface area contributed by atoms with Crippen molar-refractivity contribution in [3.63, 3.8) is 0 Å². The number of anilines is 2. The molecule has 2 aliphatic rings. The standard InChI is InChI=1S/C25H21FN2O4S/c26-21-6-1-2-7-23(21)28-33(31,32)17-12-13-22-20(14-17)18-4-3-5-19(18)24(27-22)15-8-10-16(11-9-15)25(29)30/h1-4,6-14,18-19,24,27-28H,5H2,(H,29,30)/t18-,19-,24-/m1/s1. The zero-order valence-electron chi connectivity index (χ0n) is 17.4. The Morgan fingerprint density at radius 1 is 1.06 bits per heavy atom. The quantitative estimate of drug-likeness (QED) is 0.454. The summed E-state index contributed by atoms with van der Waals surface area (Å²) in [6.07, 6.45) is 4.99. The van der Waals surface area contributed by atoms with E-state index in [4.69, 9.17) is 5.11 Å². The van der Waals surface area contributed by atoms with Gasteiger partial charge in [-0.3, -0.25) is 4.72 Å². The van der Waals surface area contributed by atoms with Crippen molar-refractivity contribution in [2.75, 3.05) is 10.0 Å². The number of hydrogen-bond donors (Lipinski definition) is 3. The fraction of sp³-hybridized carbons (Fsp3) is 0.160. The van der Waals surface area contributed by atoms with Gasteiger partial charge in [0.2, 0.25) is 0 Å². The van der Waals surface area contributed by atoms with Crippen molar-refractivity contribution >= 4 is 27.4 Å². The molecule has 33 heavy (non-hydrogen) atoms. The number of para-hydroxylation sites is 1. The summed E-state index contributed by atoms with van der Waals surface area (Å²) in [5.41, 5.74) is 2.79. The van der Waals surface area contributed by atoms with Gasteiger partial charge in [0.1, 0.15) is 5.82 Å². The van der Waals surface area contributed by atoms with Crippen molar-refractivity contribution in [3.8, 4) is 0 Å². The molecule has 0 unspecified atom stereocenters. The maximum Gasteiger partial charge on any atom is 0.335 e. The molecule has 3 atom stereocenters. The average molecular weight is 465 g/mol. The third kappa shape index (κ3) is 3.87. The van der Waals surface area contributed by atoms with E-state index in [-0.39, 0.29) is 34.0 Å². The molecule has 1 aliphatic carbocycles. The number of halogens is 1. The lowest BCUT2D eigenvalue weighted by molar-refractivity contribution is 0.0697. The Balaban J connectivity index is 1.47. The molecule has 3 N–H and O–H groups in total. The molecule has 0 saturated carbocycles. The molecule has 1 heterocycles. The molecule has 0 saturated heterocycles. The Hall–Kier alpha value is -3.65. The lowest BCUT2D eigenvalue weighted by atomic mass is 9.77. The summed E-state index contributed by atoms with van der Waals surface area (Å²) in [6.45, 7) is 0. The highest BCUT2D eigenvalue weighted by atomic mass is 32.2. The molecular formula is C25H21FN2O4S. The maximum absolute atomic E-state index is 14.0. The van der Waals surface area contributed by atoms with Crippen LogP contribution in [0.3, 0.4) is 0 Å². The van der Waals surface area contributed by atoms with Gasteiger partial charge in [0, 0.05) is 11.6 Å². The van der Waals surface area contributed by atoms with Crippen LogP contribution < -0.4 is 10.0 Å². The molecule has 0 radical (unpaired) electrons. The number of rotatable bonds is 5. The summed E-state index contributed by atoms with van der Waals surface area (Å²) in [6, 6.07) is 17.3. The van der Waals surface area contributed by atoms with Gasteiger partial charge < -0.3 is 10.4 Å². The van der Waals surface area contributed by atoms with Gasteiger partial charge in [0.25, 0.3) is 10.0 Å². The Morgan fingerprint density at radius 3 is 2.55 bits per heavy atom. The average Bonchev–Trinajstić information content (AvgIpc) is 3.30. The van der Waals surface area contributed by atoms with Gasteiger partial charge in [0.05, 0.1) is 22.2 Å². The van der Waals surface area contributed by atoms with E-state index in [9.17, 15) is 17.6 Å². The van der Waals surface area contributed by atoms with Gasteiger partial charge in [-0.05, 0) is 65.9 Å². The number of carboxylic acid groups (broad SMARTS) is 1. The summed E-state index contributed by atoms with van der Waals surface area (Å²) < 4.78 is 42.2. The summed E-state index contributed by atoms with van der Waals surface area (Å²) >= 11 is 0. The van der Waals surface area contributed by atoms with Crippen molar-refractivity contribution in [2.24, 2.45) is 5.92 Å². The first-order valence-electron chi connectivity index (χ1n) is 10.5. The largest absolute Gasteiger partial charge is 0.478 e. The molecule has 1 aliphatic heterocycles. The number of carboxylic acids is 1. The van der Waals surface area contributed by atoms with Crippen LogP contribution in [0.25, 0.3) is 0 Å². The number of aromatic carboxylic acids is 1. The topological polar surface area (TPSA) is 95.5 Å². The summed E-state index contributed by atoms with van der Waals surface area (Å²) in [5, 5.41) is 12.7. The Kier molecular flexibility index (Phi) is 5.17. The Bertz CT molecular complexity index is 1370. The van der Waals surface area contributed by atoms with E-state index in [0.29, 0.717) is 0 Å². The molecular weight excluding hydrogens is 443 g/mol. The zero-order valence-corrected chi connectivity index (χ0v) is 18.2. The van der Waals surface area contributed by atoms with Crippen LogP contribution >= 0.6 is 0 Å². The molecule has 3 aromatic carbocycles. The zero-order chi connectivity index (χ0) is 23.2. The van der Waals surface area contributed by atoms with Gasteiger partial charge in [0.15, 0.2) is 0 Å². The molecule has 0 amide bonds. The molecule has 0 fully saturated rings. The number of benzene rings is 3. The number of nitrogens with one attached hydrogen (secondary N) is 2. The molecule has 0 spiro atoms. The van der Waals surface area contributed by atoms with Crippen LogP contribution in [0.1, 0.15) is 39.9 Å². The van der Waals surface area contributed by atoms with Crippen molar-refractivity contribution in [3.05, 3.63) is 101 Å². The van der Waals surface area contributed by atoms with Crippen molar-refractivity contribution in [1.29, 1.82) is 0 Å². The number of hydrogen-bond acceptors (Lipinski definition) is 4. The van der Waals surface area contributed by atoms with Gasteiger partial charge in [-0.25, -0.2) is 17.6 Å². The van der Waals surface area contributed by atoms with Gasteiger partial charge in [-0.1, -0.05) is 36.4 Å². The van der Waals surface area contributed by atoms with Crippen LogP contribution in [0.15, 0.2) is 83.8 Å². The van der Waals surface area contributed by atoms with E-state index in [2.05, 4.69) is 22.2 Å². The second-order valence-corrected chi connectivity index (χ2v) is 9.92.